The highest BCUT2D eigenvalue weighted by molar-refractivity contribution is 8.26. The van der Waals surface area contributed by atoms with Crippen molar-refractivity contribution in [2.75, 3.05) is 18.9 Å². The van der Waals surface area contributed by atoms with Gasteiger partial charge in [0, 0.05) is 23.9 Å². The van der Waals surface area contributed by atoms with E-state index in [1.807, 2.05) is 60.8 Å². The number of carbonyl (C=O) groups is 1. The summed E-state index contributed by atoms with van der Waals surface area (Å²) < 4.78 is 39.3. The number of unbranched alkanes of at least 4 members (excludes halogenated alkanes) is 3. The number of aromatic nitrogens is 2. The zero-order chi connectivity index (χ0) is 27.1. The molecule has 0 aliphatic carbocycles. The molecule has 0 saturated carbocycles. The molecule has 1 amide bonds. The maximum absolute atomic E-state index is 13.0. The van der Waals surface area contributed by atoms with Crippen LogP contribution in [0, 0.1) is 0 Å². The molecule has 1 N–H and O–H groups in total. The van der Waals surface area contributed by atoms with Crippen molar-refractivity contribution in [1.82, 2.24) is 14.7 Å². The molecule has 11 heteroatoms. The van der Waals surface area contributed by atoms with Crippen LogP contribution in [-0.2, 0) is 14.9 Å². The molecule has 0 radical (unpaired) electrons. The quantitative estimate of drug-likeness (QED) is 0.130. The number of carbonyl (C=O) groups excluding carboxylic acids is 1. The van der Waals surface area contributed by atoms with Gasteiger partial charge in [-0.1, -0.05) is 68.4 Å². The van der Waals surface area contributed by atoms with Crippen molar-refractivity contribution in [1.29, 1.82) is 0 Å². The summed E-state index contributed by atoms with van der Waals surface area (Å²) in [5.74, 6) is -0.209. The summed E-state index contributed by atoms with van der Waals surface area (Å²) in [6.07, 6.45) is 8.11. The average Bonchev–Trinajstić information content (AvgIpc) is 3.43. The molecule has 1 fully saturated rings. The summed E-state index contributed by atoms with van der Waals surface area (Å²) in [6, 6.07) is 17.3. The molecule has 1 aromatic heterocycles. The molecule has 2 aromatic carbocycles. The average molecular weight is 572 g/mol. The Balaban J connectivity index is 1.61. The molecule has 8 nitrogen and oxygen atoms in total. The summed E-state index contributed by atoms with van der Waals surface area (Å²) in [5, 5.41) is 4.80. The summed E-state index contributed by atoms with van der Waals surface area (Å²) in [5.41, 5.74) is 3.09. The molecule has 0 unspecified atom stereocenters. The monoisotopic (exact) mass is 571 g/mol. The largest absolute Gasteiger partial charge is 0.494 e. The van der Waals surface area contributed by atoms with Crippen molar-refractivity contribution in [2.45, 2.75) is 32.6 Å². The third-order valence-electron chi connectivity index (χ3n) is 5.89. The van der Waals surface area contributed by atoms with Gasteiger partial charge in [0.05, 0.1) is 28.6 Å². The predicted molar refractivity (Wildman–Crippen MR) is 155 cm³/mol. The van der Waals surface area contributed by atoms with Gasteiger partial charge in [-0.25, -0.2) is 4.68 Å². The van der Waals surface area contributed by atoms with Gasteiger partial charge in [0.1, 0.15) is 10.1 Å². The normalized spacial score (nSPS) is 15.0. The Morgan fingerprint density at radius 2 is 1.82 bits per heavy atom. The number of amides is 1. The van der Waals surface area contributed by atoms with Crippen LogP contribution in [0.5, 0.6) is 5.75 Å². The number of hydrogen-bond donors (Lipinski definition) is 1. The van der Waals surface area contributed by atoms with Crippen molar-refractivity contribution in [3.8, 4) is 22.7 Å². The van der Waals surface area contributed by atoms with Crippen LogP contribution in [0.15, 0.2) is 65.7 Å². The molecule has 0 bridgehead atoms. The first-order chi connectivity index (χ1) is 18.2. The van der Waals surface area contributed by atoms with Gasteiger partial charge in [-0.3, -0.25) is 14.2 Å². The molecule has 3 aromatic rings. The van der Waals surface area contributed by atoms with E-state index in [4.69, 9.17) is 26.6 Å². The first-order valence-corrected chi connectivity index (χ1v) is 15.2. The van der Waals surface area contributed by atoms with Crippen LogP contribution < -0.4 is 4.74 Å². The van der Waals surface area contributed by atoms with Gasteiger partial charge in [0.15, 0.2) is 0 Å². The van der Waals surface area contributed by atoms with Crippen molar-refractivity contribution < 1.29 is 22.5 Å². The van der Waals surface area contributed by atoms with E-state index in [1.54, 1.807) is 10.8 Å². The topological polar surface area (TPSA) is 102 Å². The number of rotatable bonds is 12. The maximum atomic E-state index is 13.0. The molecule has 200 valence electrons. The van der Waals surface area contributed by atoms with Gasteiger partial charge in [0.2, 0.25) is 0 Å². The Kier molecular flexibility index (Phi) is 9.37. The number of para-hydroxylation sites is 1. The van der Waals surface area contributed by atoms with E-state index in [-0.39, 0.29) is 10.9 Å². The summed E-state index contributed by atoms with van der Waals surface area (Å²) in [6.45, 7) is 2.64. The van der Waals surface area contributed by atoms with Crippen LogP contribution in [0.3, 0.4) is 0 Å². The van der Waals surface area contributed by atoms with Gasteiger partial charge in [-0.15, -0.1) is 0 Å². The van der Waals surface area contributed by atoms with E-state index >= 15 is 0 Å². The summed E-state index contributed by atoms with van der Waals surface area (Å²) in [7, 11) is -4.22. The zero-order valence-electron chi connectivity index (χ0n) is 20.9. The molecule has 0 spiro atoms. The molecule has 38 heavy (non-hydrogen) atoms. The number of nitrogens with zero attached hydrogens (tertiary/aromatic N) is 3. The van der Waals surface area contributed by atoms with Crippen LogP contribution >= 0.6 is 24.0 Å². The molecule has 0 atom stereocenters. The SMILES string of the molecule is CCCCCCOc1ccc(-c2nn(-c3ccccc3)cc2/C=C2/SC(=S)N(CCS(=O)(=O)O)C2=O)cc1. The minimum atomic E-state index is -4.22. The molecule has 2 heterocycles. The highest BCUT2D eigenvalue weighted by atomic mass is 32.2. The Bertz CT molecular complexity index is 1420. The van der Waals surface area contributed by atoms with Crippen LogP contribution in [0.4, 0.5) is 0 Å². The Morgan fingerprint density at radius 3 is 2.50 bits per heavy atom. The van der Waals surface area contributed by atoms with Gasteiger partial charge in [0.25, 0.3) is 16.0 Å². The first-order valence-electron chi connectivity index (χ1n) is 12.3. The van der Waals surface area contributed by atoms with E-state index in [0.29, 0.717) is 22.8 Å². The van der Waals surface area contributed by atoms with Crippen molar-refractivity contribution >= 4 is 50.4 Å². The Morgan fingerprint density at radius 1 is 1.08 bits per heavy atom. The minimum Gasteiger partial charge on any atom is -0.494 e. The minimum absolute atomic E-state index is 0.211. The highest BCUT2D eigenvalue weighted by Gasteiger charge is 2.33. The van der Waals surface area contributed by atoms with Crippen LogP contribution in [0.1, 0.15) is 38.2 Å². The Labute approximate surface area is 232 Å². The predicted octanol–water partition coefficient (Wildman–Crippen LogP) is 5.59. The zero-order valence-corrected chi connectivity index (χ0v) is 23.4. The van der Waals surface area contributed by atoms with E-state index in [1.165, 1.54) is 17.7 Å². The third kappa shape index (κ3) is 7.31. The standard InChI is InChI=1S/C27H29N3O5S3/c1-2-3-4-8-16-35-23-13-11-20(12-14-23)25-21(19-30(28-25)22-9-6-5-7-10-22)18-24-26(31)29(27(36)37-24)15-17-38(32,33)34/h5-7,9-14,18-19H,2-4,8,15-17H2,1H3,(H,32,33,34)/b24-18+. The van der Waals surface area contributed by atoms with Crippen LogP contribution in [-0.4, -0.2) is 56.8 Å². The van der Waals surface area contributed by atoms with E-state index in [2.05, 4.69) is 6.92 Å². The van der Waals surface area contributed by atoms with E-state index in [0.717, 1.165) is 41.6 Å². The van der Waals surface area contributed by atoms with Gasteiger partial charge >= 0.3 is 0 Å². The second-order valence-corrected chi connectivity index (χ2v) is 12.0. The fourth-order valence-corrected chi connectivity index (χ4v) is 5.61. The van der Waals surface area contributed by atoms with Crippen LogP contribution in [0.2, 0.25) is 0 Å². The lowest BCUT2D eigenvalue weighted by atomic mass is 10.1. The van der Waals surface area contributed by atoms with Crippen molar-refractivity contribution in [3.05, 3.63) is 71.3 Å². The number of thiocarbonyl (C=S) groups is 1. The van der Waals surface area contributed by atoms with Crippen molar-refractivity contribution in [3.63, 3.8) is 0 Å². The number of thioether (sulfide) groups is 1. The second-order valence-electron chi connectivity index (χ2n) is 8.77. The molecule has 1 aliphatic heterocycles. The molecule has 1 saturated heterocycles. The van der Waals surface area contributed by atoms with Crippen LogP contribution in [0.25, 0.3) is 23.0 Å². The van der Waals surface area contributed by atoms with E-state index in [9.17, 15) is 13.2 Å². The van der Waals surface area contributed by atoms with E-state index < -0.39 is 21.8 Å². The molecular formula is C27H29N3O5S3. The molecule has 4 rings (SSSR count). The molecular weight excluding hydrogens is 543 g/mol. The molecule has 1 aliphatic rings. The van der Waals surface area contributed by atoms with Gasteiger partial charge in [-0.2, -0.15) is 13.5 Å². The highest BCUT2D eigenvalue weighted by Crippen LogP contribution is 2.35. The lowest BCUT2D eigenvalue weighted by Gasteiger charge is -2.12. The fraction of sp³-hybridized carbons (Fsp3) is 0.296. The van der Waals surface area contributed by atoms with Crippen molar-refractivity contribution in [2.24, 2.45) is 0 Å². The summed E-state index contributed by atoms with van der Waals surface area (Å²) >= 11 is 6.38. The summed E-state index contributed by atoms with van der Waals surface area (Å²) in [4.78, 5) is 14.5. The first kappa shape index (κ1) is 28.0. The smallest absolute Gasteiger partial charge is 0.266 e. The maximum Gasteiger partial charge on any atom is 0.266 e. The van der Waals surface area contributed by atoms with Gasteiger partial charge in [-0.05, 0) is 48.9 Å². The number of ether oxygens (including phenoxy) is 1. The number of hydrogen-bond acceptors (Lipinski definition) is 7. The lowest BCUT2D eigenvalue weighted by Crippen LogP contribution is -2.32. The van der Waals surface area contributed by atoms with Gasteiger partial charge < -0.3 is 4.74 Å². The third-order valence-corrected chi connectivity index (χ3v) is 7.97. The number of benzene rings is 2. The second kappa shape index (κ2) is 12.7. The Hall–Kier alpha value is -2.99. The fourth-order valence-electron chi connectivity index (χ4n) is 3.90. The lowest BCUT2D eigenvalue weighted by molar-refractivity contribution is -0.121.